The van der Waals surface area contributed by atoms with Crippen LogP contribution in [0.2, 0.25) is 0 Å². The highest BCUT2D eigenvalue weighted by atomic mass is 35.5. The number of hydrogen-bond donors (Lipinski definition) is 2. The van der Waals surface area contributed by atoms with Crippen LogP contribution in [0, 0.1) is 0 Å². The van der Waals surface area contributed by atoms with E-state index in [0.717, 1.165) is 38.1 Å². The van der Waals surface area contributed by atoms with Gasteiger partial charge in [0.1, 0.15) is 0 Å². The first-order valence-electron chi connectivity index (χ1n) is 8.10. The van der Waals surface area contributed by atoms with E-state index < -0.39 is 6.04 Å². The quantitative estimate of drug-likeness (QED) is 0.658. The van der Waals surface area contributed by atoms with Crippen LogP contribution in [0.1, 0.15) is 26.2 Å². The summed E-state index contributed by atoms with van der Waals surface area (Å²) in [5, 5.41) is 3.04. The van der Waals surface area contributed by atoms with Gasteiger partial charge in [-0.25, -0.2) is 0 Å². The topological polar surface area (TPSA) is 78.7 Å². The first-order valence-corrected chi connectivity index (χ1v) is 9.50. The second kappa shape index (κ2) is 11.4. The van der Waals surface area contributed by atoms with Crippen molar-refractivity contribution in [3.63, 3.8) is 0 Å². The maximum atomic E-state index is 12.3. The fourth-order valence-corrected chi connectivity index (χ4v) is 3.14. The zero-order valence-corrected chi connectivity index (χ0v) is 16.9. The number of piperazine rings is 1. The fourth-order valence-electron chi connectivity index (χ4n) is 2.65. The molecule has 0 aromatic heterocycles. The van der Waals surface area contributed by atoms with Gasteiger partial charge in [-0.05, 0) is 38.2 Å². The summed E-state index contributed by atoms with van der Waals surface area (Å²) in [6.07, 6.45) is 4.95. The molecule has 1 heterocycles. The number of nitrogens with one attached hydrogen (secondary N) is 1. The predicted molar refractivity (Wildman–Crippen MR) is 104 cm³/mol. The summed E-state index contributed by atoms with van der Waals surface area (Å²) in [7, 11) is 0. The van der Waals surface area contributed by atoms with Gasteiger partial charge in [0.25, 0.3) is 0 Å². The van der Waals surface area contributed by atoms with Gasteiger partial charge in [-0.2, -0.15) is 11.8 Å². The number of halogens is 2. The van der Waals surface area contributed by atoms with Gasteiger partial charge in [0.05, 0.1) is 12.1 Å². The molecule has 2 atom stereocenters. The standard InChI is InChI=1S/C15H28N4O2S.2ClH/c1-11(14(20)17-12-3-4-12)18-6-8-19(9-7-18)15(21)13(16)5-10-22-2;;/h11-13H,3-10,16H2,1-2H3,(H,17,20);2*1H/t11?,13-;;/m0../s1. The molecule has 2 aliphatic rings. The molecule has 1 aliphatic heterocycles. The Kier molecular flexibility index (Phi) is 11.3. The van der Waals surface area contributed by atoms with Gasteiger partial charge in [0.15, 0.2) is 0 Å². The monoisotopic (exact) mass is 400 g/mol. The van der Waals surface area contributed by atoms with E-state index in [1.165, 1.54) is 0 Å². The van der Waals surface area contributed by atoms with Crippen LogP contribution in [0.25, 0.3) is 0 Å². The lowest BCUT2D eigenvalue weighted by Gasteiger charge is -2.38. The highest BCUT2D eigenvalue weighted by Gasteiger charge is 2.31. The second-order valence-corrected chi connectivity index (χ2v) is 7.19. The van der Waals surface area contributed by atoms with Crippen LogP contribution in [-0.2, 0) is 9.59 Å². The maximum Gasteiger partial charge on any atom is 0.239 e. The molecule has 1 saturated heterocycles. The first-order chi connectivity index (χ1) is 10.5. The Morgan fingerprint density at radius 2 is 1.79 bits per heavy atom. The molecule has 0 aromatic carbocycles. The molecule has 2 amide bonds. The lowest BCUT2D eigenvalue weighted by molar-refractivity contribution is -0.135. The van der Waals surface area contributed by atoms with Gasteiger partial charge in [-0.15, -0.1) is 24.8 Å². The number of hydrogen-bond acceptors (Lipinski definition) is 5. The highest BCUT2D eigenvalue weighted by Crippen LogP contribution is 2.19. The molecule has 24 heavy (non-hydrogen) atoms. The Bertz CT molecular complexity index is 405. The van der Waals surface area contributed by atoms with Crippen LogP contribution in [-0.4, -0.2) is 77.9 Å². The number of carbonyl (C=O) groups is 2. The smallest absolute Gasteiger partial charge is 0.239 e. The molecule has 1 aliphatic carbocycles. The normalized spacial score (nSPS) is 20.4. The van der Waals surface area contributed by atoms with Crippen LogP contribution in [0.15, 0.2) is 0 Å². The number of amides is 2. The molecule has 3 N–H and O–H groups in total. The summed E-state index contributed by atoms with van der Waals surface area (Å²) in [5.41, 5.74) is 5.96. The Morgan fingerprint density at radius 1 is 1.21 bits per heavy atom. The summed E-state index contributed by atoms with van der Waals surface area (Å²) >= 11 is 1.71. The highest BCUT2D eigenvalue weighted by molar-refractivity contribution is 7.98. The molecule has 9 heteroatoms. The van der Waals surface area contributed by atoms with Crippen molar-refractivity contribution in [1.29, 1.82) is 0 Å². The lowest BCUT2D eigenvalue weighted by Crippen LogP contribution is -2.57. The lowest BCUT2D eigenvalue weighted by atomic mass is 10.1. The Labute approximate surface area is 161 Å². The fraction of sp³-hybridized carbons (Fsp3) is 0.867. The summed E-state index contributed by atoms with van der Waals surface area (Å²) in [5.74, 6) is 1.06. The van der Waals surface area contributed by atoms with Gasteiger partial charge in [0, 0.05) is 32.2 Å². The third kappa shape index (κ3) is 6.96. The SMILES string of the molecule is CSCC[C@H](N)C(=O)N1CCN(C(C)C(=O)NC2CC2)CC1.Cl.Cl. The number of rotatable bonds is 7. The van der Waals surface area contributed by atoms with Gasteiger partial charge in [0.2, 0.25) is 11.8 Å². The molecule has 0 radical (unpaired) electrons. The molecule has 0 bridgehead atoms. The van der Waals surface area contributed by atoms with Crippen molar-refractivity contribution >= 4 is 48.4 Å². The first kappa shape index (κ1) is 23.8. The van der Waals surface area contributed by atoms with Crippen molar-refractivity contribution in [3.05, 3.63) is 0 Å². The minimum absolute atomic E-state index is 0. The number of carbonyl (C=O) groups excluding carboxylic acids is 2. The minimum Gasteiger partial charge on any atom is -0.352 e. The summed E-state index contributed by atoms with van der Waals surface area (Å²) in [4.78, 5) is 28.3. The van der Waals surface area contributed by atoms with E-state index in [4.69, 9.17) is 5.73 Å². The van der Waals surface area contributed by atoms with E-state index in [0.29, 0.717) is 19.1 Å². The molecule has 142 valence electrons. The molecule has 2 rings (SSSR count). The van der Waals surface area contributed by atoms with Crippen LogP contribution in [0.4, 0.5) is 0 Å². The molecule has 6 nitrogen and oxygen atoms in total. The van der Waals surface area contributed by atoms with E-state index in [2.05, 4.69) is 10.2 Å². The average Bonchev–Trinajstić information content (AvgIpc) is 3.35. The Hall–Kier alpha value is -0.210. The van der Waals surface area contributed by atoms with Crippen molar-refractivity contribution < 1.29 is 9.59 Å². The van der Waals surface area contributed by atoms with Crippen LogP contribution >= 0.6 is 36.6 Å². The average molecular weight is 401 g/mol. The molecular formula is C15H30Cl2N4O2S. The number of nitrogens with zero attached hydrogens (tertiary/aromatic N) is 2. The molecular weight excluding hydrogens is 371 g/mol. The molecule has 1 unspecified atom stereocenters. The number of nitrogens with two attached hydrogens (primary N) is 1. The van der Waals surface area contributed by atoms with E-state index >= 15 is 0 Å². The zero-order chi connectivity index (χ0) is 16.1. The van der Waals surface area contributed by atoms with E-state index in [-0.39, 0.29) is 42.7 Å². The maximum absolute atomic E-state index is 12.3. The van der Waals surface area contributed by atoms with Crippen molar-refractivity contribution in [3.8, 4) is 0 Å². The van der Waals surface area contributed by atoms with E-state index in [9.17, 15) is 9.59 Å². The zero-order valence-electron chi connectivity index (χ0n) is 14.4. The number of thioether (sulfide) groups is 1. The third-order valence-corrected chi connectivity index (χ3v) is 5.07. The third-order valence-electron chi connectivity index (χ3n) is 4.43. The van der Waals surface area contributed by atoms with Crippen molar-refractivity contribution in [2.75, 3.05) is 38.2 Å². The van der Waals surface area contributed by atoms with Gasteiger partial charge in [-0.1, -0.05) is 0 Å². The second-order valence-electron chi connectivity index (χ2n) is 6.21. The van der Waals surface area contributed by atoms with Crippen molar-refractivity contribution in [1.82, 2.24) is 15.1 Å². The predicted octanol–water partition coefficient (Wildman–Crippen LogP) is 0.722. The molecule has 0 aromatic rings. The summed E-state index contributed by atoms with van der Waals surface area (Å²) < 4.78 is 0. The molecule has 1 saturated carbocycles. The largest absolute Gasteiger partial charge is 0.352 e. The van der Waals surface area contributed by atoms with Gasteiger partial charge >= 0.3 is 0 Å². The molecule has 0 spiro atoms. The van der Waals surface area contributed by atoms with E-state index in [1.807, 2.05) is 18.1 Å². The summed E-state index contributed by atoms with van der Waals surface area (Å²) in [6, 6.07) is -0.121. The van der Waals surface area contributed by atoms with Crippen LogP contribution < -0.4 is 11.1 Å². The van der Waals surface area contributed by atoms with Crippen LogP contribution in [0.5, 0.6) is 0 Å². The van der Waals surface area contributed by atoms with E-state index in [1.54, 1.807) is 11.8 Å². The van der Waals surface area contributed by atoms with Gasteiger partial charge < -0.3 is 16.0 Å². The van der Waals surface area contributed by atoms with Gasteiger partial charge in [-0.3, -0.25) is 14.5 Å². The summed E-state index contributed by atoms with van der Waals surface area (Å²) in [6.45, 7) is 4.74. The minimum atomic E-state index is -0.394. The van der Waals surface area contributed by atoms with Crippen molar-refractivity contribution in [2.24, 2.45) is 5.73 Å². The van der Waals surface area contributed by atoms with Crippen molar-refractivity contribution in [2.45, 2.75) is 44.3 Å². The Balaban J connectivity index is 0.00000264. The molecule has 2 fully saturated rings. The Morgan fingerprint density at radius 3 is 2.29 bits per heavy atom. The van der Waals surface area contributed by atoms with Crippen LogP contribution in [0.3, 0.4) is 0 Å².